The van der Waals surface area contributed by atoms with Crippen LogP contribution in [-0.4, -0.2) is 37.2 Å². The van der Waals surface area contributed by atoms with Crippen molar-refractivity contribution in [2.45, 2.75) is 19.9 Å². The fourth-order valence-corrected chi connectivity index (χ4v) is 3.26. The van der Waals surface area contributed by atoms with Crippen LogP contribution in [0.5, 0.6) is 5.75 Å². The molecule has 29 heavy (non-hydrogen) atoms. The highest BCUT2D eigenvalue weighted by atomic mass is 32.1. The lowest BCUT2D eigenvalue weighted by Crippen LogP contribution is -2.15. The number of H-pyrrole nitrogens is 2. The molecule has 2 aromatic carbocycles. The number of carbonyl (C=O) groups excluding carboxylic acids is 1. The number of nitrogens with one attached hydrogen (secondary N) is 3. The molecule has 3 N–H and O–H groups in total. The van der Waals surface area contributed by atoms with Gasteiger partial charge in [-0.3, -0.25) is 19.8 Å². The fourth-order valence-electron chi connectivity index (χ4n) is 3.03. The fraction of sp³-hybridized carbons (Fsp3) is 0.200. The van der Waals surface area contributed by atoms with Crippen molar-refractivity contribution in [2.24, 2.45) is 0 Å². The lowest BCUT2D eigenvalue weighted by atomic mass is 10.2. The van der Waals surface area contributed by atoms with Gasteiger partial charge in [0, 0.05) is 18.5 Å². The molecule has 0 unspecified atom stereocenters. The van der Waals surface area contributed by atoms with E-state index in [1.807, 2.05) is 60.0 Å². The highest BCUT2D eigenvalue weighted by Crippen LogP contribution is 2.21. The molecular weight excluding hydrogens is 388 g/mol. The van der Waals surface area contributed by atoms with Gasteiger partial charge in [-0.2, -0.15) is 5.10 Å². The van der Waals surface area contributed by atoms with Gasteiger partial charge in [0.25, 0.3) is 0 Å². The van der Waals surface area contributed by atoms with Crippen molar-refractivity contribution in [3.63, 3.8) is 0 Å². The normalized spacial score (nSPS) is 10.9. The molecule has 8 nitrogen and oxygen atoms in total. The van der Waals surface area contributed by atoms with Crippen LogP contribution in [-0.2, 0) is 11.3 Å². The van der Waals surface area contributed by atoms with Gasteiger partial charge in [-0.05, 0) is 55.5 Å². The molecule has 0 radical (unpaired) electrons. The Morgan fingerprint density at radius 3 is 2.76 bits per heavy atom. The summed E-state index contributed by atoms with van der Waals surface area (Å²) in [6.07, 6.45) is 0.231. The van der Waals surface area contributed by atoms with E-state index < -0.39 is 0 Å². The van der Waals surface area contributed by atoms with Crippen LogP contribution in [0.15, 0.2) is 48.5 Å². The third-order valence-corrected chi connectivity index (χ3v) is 4.70. The average Bonchev–Trinajstić information content (AvgIpc) is 3.30. The highest BCUT2D eigenvalue weighted by Gasteiger charge is 2.12. The first-order valence-electron chi connectivity index (χ1n) is 9.27. The van der Waals surface area contributed by atoms with E-state index in [2.05, 4.69) is 25.5 Å². The maximum absolute atomic E-state index is 12.4. The monoisotopic (exact) mass is 408 g/mol. The summed E-state index contributed by atoms with van der Waals surface area (Å²) in [5.41, 5.74) is 2.56. The summed E-state index contributed by atoms with van der Waals surface area (Å²) >= 11 is 5.34. The van der Waals surface area contributed by atoms with Crippen LogP contribution in [0.4, 0.5) is 5.95 Å². The summed E-state index contributed by atoms with van der Waals surface area (Å²) < 4.78 is 7.74. The number of hydrogen-bond donors (Lipinski definition) is 3. The second kappa shape index (κ2) is 8.27. The molecule has 0 atom stereocenters. The third-order valence-electron chi connectivity index (χ3n) is 4.39. The minimum absolute atomic E-state index is 0.162. The lowest BCUT2D eigenvalue weighted by molar-refractivity contribution is -0.116. The molecule has 0 saturated carbocycles. The molecule has 9 heteroatoms. The molecule has 148 valence electrons. The molecule has 0 spiro atoms. The van der Waals surface area contributed by atoms with Crippen molar-refractivity contribution >= 4 is 35.1 Å². The smallest absolute Gasteiger partial charge is 0.228 e. The maximum Gasteiger partial charge on any atom is 0.228 e. The van der Waals surface area contributed by atoms with Crippen molar-refractivity contribution < 1.29 is 9.53 Å². The van der Waals surface area contributed by atoms with E-state index in [9.17, 15) is 4.79 Å². The number of fused-ring (bicyclic) bond motifs is 1. The molecule has 1 amide bonds. The number of nitrogens with zero attached hydrogens (tertiary/aromatic N) is 3. The number of anilines is 1. The first kappa shape index (κ1) is 18.9. The van der Waals surface area contributed by atoms with E-state index in [4.69, 9.17) is 17.0 Å². The van der Waals surface area contributed by atoms with Gasteiger partial charge < -0.3 is 9.72 Å². The van der Waals surface area contributed by atoms with Crippen LogP contribution in [0, 0.1) is 4.77 Å². The zero-order chi connectivity index (χ0) is 20.2. The second-order valence-corrected chi connectivity index (χ2v) is 6.75. The molecule has 0 aliphatic carbocycles. The Morgan fingerprint density at radius 1 is 1.21 bits per heavy atom. The van der Waals surface area contributed by atoms with E-state index in [-0.39, 0.29) is 12.3 Å². The Kier molecular flexibility index (Phi) is 5.39. The number of carbonyl (C=O) groups is 1. The summed E-state index contributed by atoms with van der Waals surface area (Å²) in [6.45, 7) is 2.94. The zero-order valence-electron chi connectivity index (χ0n) is 15.8. The van der Waals surface area contributed by atoms with E-state index in [0.29, 0.717) is 29.7 Å². The zero-order valence-corrected chi connectivity index (χ0v) is 16.6. The lowest BCUT2D eigenvalue weighted by Gasteiger charge is -2.08. The SMILES string of the molecule is CCOc1ccc(-c2n[nH]c(=S)n2CCC(=O)Nc2nc3ccccc3[nH]2)cc1. The van der Waals surface area contributed by atoms with Gasteiger partial charge in [-0.1, -0.05) is 12.1 Å². The quantitative estimate of drug-likeness (QED) is 0.403. The number of aromatic nitrogens is 5. The van der Waals surface area contributed by atoms with Crippen LogP contribution < -0.4 is 10.1 Å². The Hall–Kier alpha value is -3.46. The number of rotatable bonds is 7. The number of benzene rings is 2. The molecular formula is C20H20N6O2S. The van der Waals surface area contributed by atoms with E-state index >= 15 is 0 Å². The topological polar surface area (TPSA) is 101 Å². The molecule has 0 aliphatic heterocycles. The third kappa shape index (κ3) is 4.19. The molecule has 4 rings (SSSR count). The second-order valence-electron chi connectivity index (χ2n) is 6.36. The van der Waals surface area contributed by atoms with Crippen molar-refractivity contribution in [3.8, 4) is 17.1 Å². The van der Waals surface area contributed by atoms with Gasteiger partial charge in [0.05, 0.1) is 17.6 Å². The average molecular weight is 408 g/mol. The van der Waals surface area contributed by atoms with Gasteiger partial charge >= 0.3 is 0 Å². The van der Waals surface area contributed by atoms with Crippen molar-refractivity contribution in [1.29, 1.82) is 0 Å². The molecule has 0 aliphatic rings. The number of imidazole rings is 1. The summed E-state index contributed by atoms with van der Waals surface area (Å²) in [5, 5.41) is 9.90. The summed E-state index contributed by atoms with van der Waals surface area (Å²) in [6, 6.07) is 15.2. The van der Waals surface area contributed by atoms with Gasteiger partial charge in [-0.15, -0.1) is 0 Å². The number of aromatic amines is 2. The van der Waals surface area contributed by atoms with Crippen LogP contribution in [0.3, 0.4) is 0 Å². The first-order chi connectivity index (χ1) is 14.1. The standard InChI is InChI=1S/C20H20N6O2S/c1-2-28-14-9-7-13(8-10-14)18-24-25-20(29)26(18)12-11-17(27)23-19-21-15-5-3-4-6-16(15)22-19/h3-10H,2,11-12H2,1H3,(H,25,29)(H2,21,22,23,27). The van der Waals surface area contributed by atoms with Crippen LogP contribution in [0.25, 0.3) is 22.4 Å². The van der Waals surface area contributed by atoms with Crippen molar-refractivity contribution in [1.82, 2.24) is 24.7 Å². The van der Waals surface area contributed by atoms with Crippen LogP contribution in [0.1, 0.15) is 13.3 Å². The minimum Gasteiger partial charge on any atom is -0.494 e. The summed E-state index contributed by atoms with van der Waals surface area (Å²) in [4.78, 5) is 19.8. The van der Waals surface area contributed by atoms with Gasteiger partial charge in [-0.25, -0.2) is 4.98 Å². The van der Waals surface area contributed by atoms with Crippen LogP contribution in [0.2, 0.25) is 0 Å². The molecule has 0 bridgehead atoms. The number of hydrogen-bond acceptors (Lipinski definition) is 5. The number of amides is 1. The Balaban J connectivity index is 1.45. The van der Waals surface area contributed by atoms with Gasteiger partial charge in [0.1, 0.15) is 5.75 Å². The molecule has 2 heterocycles. The maximum atomic E-state index is 12.4. The molecule has 0 saturated heterocycles. The molecule has 2 aromatic heterocycles. The Morgan fingerprint density at radius 2 is 2.00 bits per heavy atom. The predicted molar refractivity (Wildman–Crippen MR) is 113 cm³/mol. The van der Waals surface area contributed by atoms with Crippen LogP contribution >= 0.6 is 12.2 Å². The van der Waals surface area contributed by atoms with Gasteiger partial charge in [0.15, 0.2) is 10.6 Å². The van der Waals surface area contributed by atoms with Crippen molar-refractivity contribution in [2.75, 3.05) is 11.9 Å². The first-order valence-corrected chi connectivity index (χ1v) is 9.68. The largest absolute Gasteiger partial charge is 0.494 e. The minimum atomic E-state index is -0.162. The van der Waals surface area contributed by atoms with E-state index in [0.717, 1.165) is 22.3 Å². The van der Waals surface area contributed by atoms with Gasteiger partial charge in [0.2, 0.25) is 11.9 Å². The van der Waals surface area contributed by atoms with Crippen molar-refractivity contribution in [3.05, 3.63) is 53.3 Å². The molecule has 4 aromatic rings. The summed E-state index contributed by atoms with van der Waals surface area (Å²) in [5.74, 6) is 1.74. The highest BCUT2D eigenvalue weighted by molar-refractivity contribution is 7.71. The molecule has 0 fully saturated rings. The predicted octanol–water partition coefficient (Wildman–Crippen LogP) is 3.91. The Bertz CT molecular complexity index is 1160. The number of ether oxygens (including phenoxy) is 1. The van der Waals surface area contributed by atoms with E-state index in [1.165, 1.54) is 0 Å². The van der Waals surface area contributed by atoms with E-state index in [1.54, 1.807) is 0 Å². The summed E-state index contributed by atoms with van der Waals surface area (Å²) in [7, 11) is 0. The number of para-hydroxylation sites is 2. The Labute approximate surface area is 171 Å².